The summed E-state index contributed by atoms with van der Waals surface area (Å²) >= 11 is 0. The first-order chi connectivity index (χ1) is 9.51. The van der Waals surface area contributed by atoms with Crippen LogP contribution in [-0.4, -0.2) is 17.1 Å². The van der Waals surface area contributed by atoms with Gasteiger partial charge >= 0.3 is 0 Å². The molecule has 0 saturated carbocycles. The summed E-state index contributed by atoms with van der Waals surface area (Å²) in [7, 11) is 1.44. The molecule has 4 nitrogen and oxygen atoms in total. The molecule has 1 heterocycles. The highest BCUT2D eigenvalue weighted by atomic mass is 19.1. The minimum atomic E-state index is -0.396. The molecule has 2 rings (SSSR count). The van der Waals surface area contributed by atoms with Crippen molar-refractivity contribution in [3.63, 3.8) is 0 Å². The molecule has 0 spiro atoms. The van der Waals surface area contributed by atoms with Gasteiger partial charge in [-0.3, -0.25) is 0 Å². The van der Waals surface area contributed by atoms with E-state index in [4.69, 9.17) is 10.5 Å². The number of nitrogens with one attached hydrogen (secondary N) is 1. The Morgan fingerprint density at radius 1 is 1.40 bits per heavy atom. The van der Waals surface area contributed by atoms with Crippen LogP contribution in [0, 0.1) is 11.7 Å². The molecule has 0 radical (unpaired) electrons. The van der Waals surface area contributed by atoms with Gasteiger partial charge < -0.3 is 15.5 Å². The minimum Gasteiger partial charge on any atom is -0.494 e. The Morgan fingerprint density at radius 3 is 2.75 bits per heavy atom. The van der Waals surface area contributed by atoms with Crippen LogP contribution in [0.5, 0.6) is 5.75 Å². The van der Waals surface area contributed by atoms with E-state index in [1.807, 2.05) is 0 Å². The second-order valence-electron chi connectivity index (χ2n) is 5.27. The molecule has 0 bridgehead atoms. The van der Waals surface area contributed by atoms with E-state index >= 15 is 0 Å². The summed E-state index contributed by atoms with van der Waals surface area (Å²) in [6, 6.07) is 4.67. The fraction of sp³-hybridized carbons (Fsp3) is 0.400. The lowest BCUT2D eigenvalue weighted by atomic mass is 10.0. The predicted molar refractivity (Wildman–Crippen MR) is 76.9 cm³/mol. The molecule has 1 atom stereocenters. The normalized spacial score (nSPS) is 12.7. The second kappa shape index (κ2) is 6.05. The van der Waals surface area contributed by atoms with Gasteiger partial charge in [-0.05, 0) is 30.5 Å². The lowest BCUT2D eigenvalue weighted by Crippen LogP contribution is -2.14. The van der Waals surface area contributed by atoms with E-state index in [1.54, 1.807) is 18.3 Å². The Labute approximate surface area is 118 Å². The van der Waals surface area contributed by atoms with E-state index in [-0.39, 0.29) is 11.8 Å². The zero-order valence-corrected chi connectivity index (χ0v) is 12.0. The monoisotopic (exact) mass is 277 g/mol. The van der Waals surface area contributed by atoms with Crippen molar-refractivity contribution in [2.45, 2.75) is 26.3 Å². The van der Waals surface area contributed by atoms with Crippen molar-refractivity contribution in [1.82, 2.24) is 9.97 Å². The van der Waals surface area contributed by atoms with Crippen LogP contribution in [0.3, 0.4) is 0 Å². The SMILES string of the molecule is COc1ccc(-c2cnc(C(N)CC(C)C)[nH]2)cc1F. The topological polar surface area (TPSA) is 63.9 Å². The highest BCUT2D eigenvalue weighted by Gasteiger charge is 2.13. The molecule has 108 valence electrons. The minimum absolute atomic E-state index is 0.133. The summed E-state index contributed by atoms with van der Waals surface area (Å²) in [6.07, 6.45) is 2.53. The molecule has 0 amide bonds. The molecular weight excluding hydrogens is 257 g/mol. The van der Waals surface area contributed by atoms with Gasteiger partial charge in [-0.15, -0.1) is 0 Å². The lowest BCUT2D eigenvalue weighted by molar-refractivity contribution is 0.386. The maximum atomic E-state index is 13.7. The van der Waals surface area contributed by atoms with Crippen LogP contribution in [0.15, 0.2) is 24.4 Å². The van der Waals surface area contributed by atoms with E-state index in [2.05, 4.69) is 23.8 Å². The van der Waals surface area contributed by atoms with E-state index in [0.29, 0.717) is 5.92 Å². The predicted octanol–water partition coefficient (Wildman–Crippen LogP) is 3.27. The van der Waals surface area contributed by atoms with Gasteiger partial charge in [0.2, 0.25) is 0 Å². The van der Waals surface area contributed by atoms with E-state index in [9.17, 15) is 4.39 Å². The number of benzene rings is 1. The van der Waals surface area contributed by atoms with Crippen LogP contribution in [0.4, 0.5) is 4.39 Å². The molecular formula is C15H20FN3O. The average molecular weight is 277 g/mol. The highest BCUT2D eigenvalue weighted by Crippen LogP contribution is 2.25. The molecule has 0 fully saturated rings. The molecule has 1 unspecified atom stereocenters. The Hall–Kier alpha value is -1.88. The summed E-state index contributed by atoms with van der Waals surface area (Å²) in [4.78, 5) is 7.44. The van der Waals surface area contributed by atoms with Crippen molar-refractivity contribution in [1.29, 1.82) is 0 Å². The number of halogens is 1. The maximum absolute atomic E-state index is 13.7. The Bertz CT molecular complexity index is 580. The molecule has 0 saturated heterocycles. The van der Waals surface area contributed by atoms with E-state index < -0.39 is 5.82 Å². The number of nitrogens with zero attached hydrogens (tertiary/aromatic N) is 1. The van der Waals surface area contributed by atoms with Gasteiger partial charge in [-0.2, -0.15) is 0 Å². The number of H-pyrrole nitrogens is 1. The van der Waals surface area contributed by atoms with Gasteiger partial charge in [-0.1, -0.05) is 13.8 Å². The van der Waals surface area contributed by atoms with Crippen LogP contribution in [0.25, 0.3) is 11.3 Å². The van der Waals surface area contributed by atoms with Gasteiger partial charge in [0.05, 0.1) is 25.0 Å². The quantitative estimate of drug-likeness (QED) is 0.881. The number of nitrogens with two attached hydrogens (primary N) is 1. The van der Waals surface area contributed by atoms with Crippen molar-refractivity contribution in [2.75, 3.05) is 7.11 Å². The van der Waals surface area contributed by atoms with Crippen molar-refractivity contribution in [3.8, 4) is 17.0 Å². The number of methoxy groups -OCH3 is 1. The van der Waals surface area contributed by atoms with E-state index in [1.165, 1.54) is 13.2 Å². The smallest absolute Gasteiger partial charge is 0.165 e. The number of ether oxygens (including phenoxy) is 1. The van der Waals surface area contributed by atoms with Gasteiger partial charge in [0, 0.05) is 5.56 Å². The molecule has 0 aliphatic rings. The average Bonchev–Trinajstić information content (AvgIpc) is 2.87. The molecule has 0 aliphatic heterocycles. The number of aromatic amines is 1. The summed E-state index contributed by atoms with van der Waals surface area (Å²) < 4.78 is 18.6. The third-order valence-corrected chi connectivity index (χ3v) is 3.13. The first-order valence-electron chi connectivity index (χ1n) is 6.65. The van der Waals surface area contributed by atoms with Gasteiger partial charge in [0.25, 0.3) is 0 Å². The van der Waals surface area contributed by atoms with Crippen LogP contribution < -0.4 is 10.5 Å². The molecule has 1 aromatic carbocycles. The van der Waals surface area contributed by atoms with Gasteiger partial charge in [0.15, 0.2) is 11.6 Å². The fourth-order valence-corrected chi connectivity index (χ4v) is 2.13. The van der Waals surface area contributed by atoms with Crippen molar-refractivity contribution in [3.05, 3.63) is 36.0 Å². The zero-order chi connectivity index (χ0) is 14.7. The molecule has 3 N–H and O–H groups in total. The van der Waals surface area contributed by atoms with Crippen LogP contribution in [0.1, 0.15) is 32.1 Å². The summed E-state index contributed by atoms with van der Waals surface area (Å²) in [5, 5.41) is 0. The Balaban J connectivity index is 2.22. The number of rotatable bonds is 5. The first kappa shape index (κ1) is 14.5. The number of aromatic nitrogens is 2. The van der Waals surface area contributed by atoms with Gasteiger partial charge in [0.1, 0.15) is 5.82 Å². The van der Waals surface area contributed by atoms with E-state index in [0.717, 1.165) is 23.5 Å². The number of hydrogen-bond donors (Lipinski definition) is 2. The number of imidazole rings is 1. The summed E-state index contributed by atoms with van der Waals surface area (Å²) in [6.45, 7) is 4.23. The van der Waals surface area contributed by atoms with Gasteiger partial charge in [-0.25, -0.2) is 9.37 Å². The number of hydrogen-bond acceptors (Lipinski definition) is 3. The third kappa shape index (κ3) is 3.17. The summed E-state index contributed by atoms with van der Waals surface area (Å²) in [5.74, 6) is 1.06. The summed E-state index contributed by atoms with van der Waals surface area (Å²) in [5.41, 5.74) is 7.55. The lowest BCUT2D eigenvalue weighted by Gasteiger charge is -2.11. The van der Waals surface area contributed by atoms with Crippen molar-refractivity contribution in [2.24, 2.45) is 11.7 Å². The third-order valence-electron chi connectivity index (χ3n) is 3.13. The first-order valence-corrected chi connectivity index (χ1v) is 6.65. The van der Waals surface area contributed by atoms with Crippen molar-refractivity contribution >= 4 is 0 Å². The second-order valence-corrected chi connectivity index (χ2v) is 5.27. The molecule has 2 aromatic rings. The standard InChI is InChI=1S/C15H20FN3O/c1-9(2)6-12(17)15-18-8-13(19-15)10-4-5-14(20-3)11(16)7-10/h4-5,7-9,12H,6,17H2,1-3H3,(H,18,19). The fourth-order valence-electron chi connectivity index (χ4n) is 2.13. The Kier molecular flexibility index (Phi) is 4.39. The zero-order valence-electron chi connectivity index (χ0n) is 12.0. The van der Waals surface area contributed by atoms with Crippen LogP contribution in [-0.2, 0) is 0 Å². The highest BCUT2D eigenvalue weighted by molar-refractivity contribution is 5.60. The largest absolute Gasteiger partial charge is 0.494 e. The maximum Gasteiger partial charge on any atom is 0.165 e. The molecule has 5 heteroatoms. The molecule has 20 heavy (non-hydrogen) atoms. The van der Waals surface area contributed by atoms with Crippen LogP contribution >= 0.6 is 0 Å². The van der Waals surface area contributed by atoms with Crippen LogP contribution in [0.2, 0.25) is 0 Å². The molecule has 0 aliphatic carbocycles. The Morgan fingerprint density at radius 2 is 2.15 bits per heavy atom. The molecule has 1 aromatic heterocycles. The van der Waals surface area contributed by atoms with Crippen molar-refractivity contribution < 1.29 is 9.13 Å².